The van der Waals surface area contributed by atoms with Crippen molar-refractivity contribution in [2.75, 3.05) is 5.32 Å². The largest absolute Gasteiger partial charge is 0.326 e. The number of carbonyl (C=O) groups is 2. The number of nitrogens with zero attached hydrogens (tertiary/aromatic N) is 1. The first-order valence-corrected chi connectivity index (χ1v) is 6.52. The van der Waals surface area contributed by atoms with E-state index in [-0.39, 0.29) is 16.0 Å². The Morgan fingerprint density at radius 3 is 2.27 bits per heavy atom. The van der Waals surface area contributed by atoms with Crippen molar-refractivity contribution < 1.29 is 18.4 Å². The molecular formula is C13H7Cl2F2N3O2. The summed E-state index contributed by atoms with van der Waals surface area (Å²) in [6, 6.07) is 4.58. The van der Waals surface area contributed by atoms with E-state index in [9.17, 15) is 18.4 Å². The summed E-state index contributed by atoms with van der Waals surface area (Å²) in [4.78, 5) is 27.0. The maximum Gasteiger partial charge on any atom is 0.326 e. The molecule has 2 N–H and O–H groups in total. The second-order valence-corrected chi connectivity index (χ2v) is 4.72. The lowest BCUT2D eigenvalue weighted by molar-refractivity contribution is 0.0959. The molecule has 1 aromatic heterocycles. The van der Waals surface area contributed by atoms with Gasteiger partial charge in [-0.2, -0.15) is 0 Å². The maximum atomic E-state index is 13.4. The Hall–Kier alpha value is -2.25. The van der Waals surface area contributed by atoms with E-state index < -0.39 is 29.1 Å². The molecule has 0 bridgehead atoms. The van der Waals surface area contributed by atoms with Gasteiger partial charge >= 0.3 is 6.03 Å². The van der Waals surface area contributed by atoms with Gasteiger partial charge in [-0.3, -0.25) is 10.1 Å². The van der Waals surface area contributed by atoms with Crippen molar-refractivity contribution in [3.63, 3.8) is 0 Å². The third-order valence-corrected chi connectivity index (χ3v) is 2.98. The smallest absolute Gasteiger partial charge is 0.305 e. The van der Waals surface area contributed by atoms with E-state index in [0.29, 0.717) is 0 Å². The minimum absolute atomic E-state index is 0.0744. The fourth-order valence-corrected chi connectivity index (χ4v) is 1.93. The van der Waals surface area contributed by atoms with Gasteiger partial charge in [-0.1, -0.05) is 29.3 Å². The molecule has 0 spiro atoms. The lowest BCUT2D eigenvalue weighted by atomic mass is 10.2. The number of hydrogen-bond donors (Lipinski definition) is 2. The monoisotopic (exact) mass is 345 g/mol. The topological polar surface area (TPSA) is 71.1 Å². The predicted octanol–water partition coefficient (Wildman–Crippen LogP) is 3.63. The van der Waals surface area contributed by atoms with Gasteiger partial charge in [0.15, 0.2) is 5.15 Å². The van der Waals surface area contributed by atoms with Crippen LogP contribution in [0.5, 0.6) is 0 Å². The standard InChI is InChI=1S/C13H7Cl2F2N3O2/c14-9-5-4-8(11(15)19-9)18-13(22)20-12(21)10-6(16)2-1-3-7(10)17/h1-5H,(H2,18,20,21,22). The summed E-state index contributed by atoms with van der Waals surface area (Å²) < 4.78 is 26.8. The summed E-state index contributed by atoms with van der Waals surface area (Å²) in [5.74, 6) is -3.40. The van der Waals surface area contributed by atoms with E-state index in [2.05, 4.69) is 10.3 Å². The summed E-state index contributed by atoms with van der Waals surface area (Å²) in [7, 11) is 0. The van der Waals surface area contributed by atoms with Crippen molar-refractivity contribution in [3.05, 3.63) is 57.8 Å². The van der Waals surface area contributed by atoms with E-state index in [1.165, 1.54) is 12.1 Å². The number of nitrogens with one attached hydrogen (secondary N) is 2. The van der Waals surface area contributed by atoms with Gasteiger partial charge in [-0.25, -0.2) is 18.6 Å². The van der Waals surface area contributed by atoms with Gasteiger partial charge in [0.1, 0.15) is 22.4 Å². The minimum Gasteiger partial charge on any atom is -0.305 e. The van der Waals surface area contributed by atoms with Crippen LogP contribution in [0.15, 0.2) is 30.3 Å². The third kappa shape index (κ3) is 3.69. The van der Waals surface area contributed by atoms with Crippen molar-refractivity contribution in [1.82, 2.24) is 10.3 Å². The number of halogens is 4. The average molecular weight is 346 g/mol. The van der Waals surface area contributed by atoms with Crippen LogP contribution in [-0.2, 0) is 0 Å². The summed E-state index contributed by atoms with van der Waals surface area (Å²) in [6.45, 7) is 0. The molecule has 0 aliphatic carbocycles. The fourth-order valence-electron chi connectivity index (χ4n) is 1.54. The molecule has 1 heterocycles. The normalized spacial score (nSPS) is 10.2. The zero-order valence-electron chi connectivity index (χ0n) is 10.7. The van der Waals surface area contributed by atoms with E-state index in [4.69, 9.17) is 23.2 Å². The second kappa shape index (κ2) is 6.67. The molecule has 2 rings (SSSR count). The first-order chi connectivity index (χ1) is 10.4. The number of imide groups is 1. The number of carbonyl (C=O) groups excluding carboxylic acids is 2. The van der Waals surface area contributed by atoms with Crippen LogP contribution < -0.4 is 10.6 Å². The number of anilines is 1. The van der Waals surface area contributed by atoms with E-state index in [1.807, 2.05) is 0 Å². The second-order valence-electron chi connectivity index (χ2n) is 3.98. The molecule has 1 aromatic carbocycles. The summed E-state index contributed by atoms with van der Waals surface area (Å²) in [5.41, 5.74) is -0.789. The molecule has 0 fully saturated rings. The van der Waals surface area contributed by atoms with E-state index in [0.717, 1.165) is 18.2 Å². The van der Waals surface area contributed by atoms with Crippen LogP contribution in [0.4, 0.5) is 19.3 Å². The molecule has 0 unspecified atom stereocenters. The first-order valence-electron chi connectivity index (χ1n) is 5.77. The van der Waals surface area contributed by atoms with Gasteiger partial charge in [0.2, 0.25) is 0 Å². The zero-order valence-corrected chi connectivity index (χ0v) is 12.2. The lowest BCUT2D eigenvalue weighted by Crippen LogP contribution is -2.35. The Balaban J connectivity index is 2.10. The van der Waals surface area contributed by atoms with Crippen LogP contribution in [-0.4, -0.2) is 16.9 Å². The van der Waals surface area contributed by atoms with Crippen molar-refractivity contribution in [2.24, 2.45) is 0 Å². The lowest BCUT2D eigenvalue weighted by Gasteiger charge is -2.08. The molecule has 5 nitrogen and oxygen atoms in total. The van der Waals surface area contributed by atoms with Gasteiger partial charge in [0.25, 0.3) is 5.91 Å². The van der Waals surface area contributed by atoms with Crippen LogP contribution in [0.25, 0.3) is 0 Å². The highest BCUT2D eigenvalue weighted by Crippen LogP contribution is 2.21. The van der Waals surface area contributed by atoms with Gasteiger partial charge in [0.05, 0.1) is 5.69 Å². The number of rotatable bonds is 2. The molecule has 0 aliphatic heterocycles. The Kier molecular flexibility index (Phi) is 4.89. The highest BCUT2D eigenvalue weighted by atomic mass is 35.5. The summed E-state index contributed by atoms with van der Waals surface area (Å²) >= 11 is 11.3. The molecule has 0 saturated heterocycles. The van der Waals surface area contributed by atoms with Gasteiger partial charge < -0.3 is 5.32 Å². The molecule has 0 atom stereocenters. The van der Waals surface area contributed by atoms with Crippen LogP contribution in [0, 0.1) is 11.6 Å². The Bertz CT molecular complexity index is 736. The highest BCUT2D eigenvalue weighted by Gasteiger charge is 2.19. The molecule has 3 amide bonds. The van der Waals surface area contributed by atoms with Crippen molar-refractivity contribution >= 4 is 40.8 Å². The van der Waals surface area contributed by atoms with Crippen molar-refractivity contribution in [3.8, 4) is 0 Å². The molecule has 2 aromatic rings. The third-order valence-electron chi connectivity index (χ3n) is 2.48. The summed E-state index contributed by atoms with van der Waals surface area (Å²) in [6.07, 6.45) is 0. The summed E-state index contributed by atoms with van der Waals surface area (Å²) in [5, 5.41) is 4.00. The number of pyridine rings is 1. The number of aromatic nitrogens is 1. The number of benzene rings is 1. The molecule has 114 valence electrons. The van der Waals surface area contributed by atoms with Crippen LogP contribution in [0.1, 0.15) is 10.4 Å². The quantitative estimate of drug-likeness (QED) is 0.816. The minimum atomic E-state index is -1.23. The average Bonchev–Trinajstić information content (AvgIpc) is 2.41. The van der Waals surface area contributed by atoms with Crippen LogP contribution in [0.3, 0.4) is 0 Å². The molecule has 0 radical (unpaired) electrons. The van der Waals surface area contributed by atoms with E-state index in [1.54, 1.807) is 5.32 Å². The van der Waals surface area contributed by atoms with Crippen LogP contribution in [0.2, 0.25) is 10.3 Å². The Morgan fingerprint density at radius 1 is 1.05 bits per heavy atom. The fraction of sp³-hybridized carbons (Fsp3) is 0. The molecule has 22 heavy (non-hydrogen) atoms. The first kappa shape index (κ1) is 16.1. The molecule has 9 heteroatoms. The number of amides is 3. The van der Waals surface area contributed by atoms with Gasteiger partial charge in [-0.15, -0.1) is 0 Å². The Morgan fingerprint density at radius 2 is 1.68 bits per heavy atom. The zero-order chi connectivity index (χ0) is 16.3. The van der Waals surface area contributed by atoms with Gasteiger partial charge in [-0.05, 0) is 24.3 Å². The van der Waals surface area contributed by atoms with Crippen molar-refractivity contribution in [1.29, 1.82) is 0 Å². The number of urea groups is 1. The van der Waals surface area contributed by atoms with E-state index >= 15 is 0 Å². The SMILES string of the molecule is O=C(NC(=O)c1c(F)cccc1F)Nc1ccc(Cl)nc1Cl. The van der Waals surface area contributed by atoms with Crippen molar-refractivity contribution in [2.45, 2.75) is 0 Å². The molecular weight excluding hydrogens is 339 g/mol. The Labute approximate surface area is 133 Å². The van der Waals surface area contributed by atoms with Gasteiger partial charge in [0, 0.05) is 0 Å². The highest BCUT2D eigenvalue weighted by molar-refractivity contribution is 6.34. The maximum absolute atomic E-state index is 13.4. The van der Waals surface area contributed by atoms with Crippen LogP contribution >= 0.6 is 23.2 Å². The molecule has 0 aliphatic rings. The molecule has 0 saturated carbocycles. The predicted molar refractivity (Wildman–Crippen MR) is 77.1 cm³/mol. The number of hydrogen-bond acceptors (Lipinski definition) is 3.